The van der Waals surface area contributed by atoms with Gasteiger partial charge in [0.1, 0.15) is 6.04 Å². The van der Waals surface area contributed by atoms with Crippen LogP contribution in [0.15, 0.2) is 0 Å². The fourth-order valence-corrected chi connectivity index (χ4v) is 2.41. The van der Waals surface area contributed by atoms with Crippen LogP contribution in [0, 0.1) is 5.92 Å². The third-order valence-electron chi connectivity index (χ3n) is 2.92. The number of thioether (sulfide) groups is 1. The van der Waals surface area contributed by atoms with Gasteiger partial charge in [-0.25, -0.2) is 0 Å². The van der Waals surface area contributed by atoms with Gasteiger partial charge in [-0.2, -0.15) is 11.8 Å². The van der Waals surface area contributed by atoms with Gasteiger partial charge < -0.3 is 10.2 Å². The van der Waals surface area contributed by atoms with Gasteiger partial charge in [0.2, 0.25) is 11.8 Å². The predicted molar refractivity (Wildman–Crippen MR) is 71.0 cm³/mol. The minimum Gasteiger partial charge on any atom is -0.343 e. The summed E-state index contributed by atoms with van der Waals surface area (Å²) in [5.74, 6) is 1.30. The van der Waals surface area contributed by atoms with Gasteiger partial charge in [0, 0.05) is 6.54 Å². The molecule has 1 heterocycles. The molecule has 0 aliphatic carbocycles. The zero-order valence-corrected chi connectivity index (χ0v) is 11.7. The maximum atomic E-state index is 12.1. The molecule has 0 aromatic carbocycles. The summed E-state index contributed by atoms with van der Waals surface area (Å²) < 4.78 is 0. The first-order chi connectivity index (χ1) is 8.06. The topological polar surface area (TPSA) is 49.4 Å². The van der Waals surface area contributed by atoms with Crippen molar-refractivity contribution in [1.82, 2.24) is 10.2 Å². The zero-order valence-electron chi connectivity index (χ0n) is 10.9. The highest BCUT2D eigenvalue weighted by molar-refractivity contribution is 7.98. The minimum absolute atomic E-state index is 0.0341. The number of hydrogen-bond donors (Lipinski definition) is 1. The summed E-state index contributed by atoms with van der Waals surface area (Å²) in [6.07, 6.45) is 4.15. The van der Waals surface area contributed by atoms with Gasteiger partial charge in [0.15, 0.2) is 0 Å². The molecule has 0 aromatic heterocycles. The van der Waals surface area contributed by atoms with Crippen molar-refractivity contribution in [2.24, 2.45) is 5.92 Å². The van der Waals surface area contributed by atoms with Crippen molar-refractivity contribution in [2.75, 3.05) is 25.1 Å². The van der Waals surface area contributed by atoms with E-state index >= 15 is 0 Å². The van der Waals surface area contributed by atoms with Gasteiger partial charge in [0.05, 0.1) is 6.54 Å². The molecule has 2 amide bonds. The van der Waals surface area contributed by atoms with E-state index in [2.05, 4.69) is 11.6 Å². The van der Waals surface area contributed by atoms with Crippen LogP contribution < -0.4 is 5.32 Å². The number of amides is 2. The van der Waals surface area contributed by atoms with Crippen molar-refractivity contribution in [2.45, 2.75) is 32.7 Å². The lowest BCUT2D eigenvalue weighted by Crippen LogP contribution is -2.59. The molecule has 1 rings (SSSR count). The number of unbranched alkanes of at least 4 members (excludes halogenated alkanes) is 1. The lowest BCUT2D eigenvalue weighted by Gasteiger charge is -2.34. The molecule has 0 aromatic rings. The number of carbonyl (C=O) groups excluding carboxylic acids is 2. The molecule has 5 heteroatoms. The lowest BCUT2D eigenvalue weighted by molar-refractivity contribution is -0.145. The van der Waals surface area contributed by atoms with Crippen LogP contribution in [0.3, 0.4) is 0 Å². The Kier molecular flexibility index (Phi) is 5.82. The van der Waals surface area contributed by atoms with Gasteiger partial charge in [-0.1, -0.05) is 13.8 Å². The van der Waals surface area contributed by atoms with Gasteiger partial charge >= 0.3 is 0 Å². The van der Waals surface area contributed by atoms with Crippen LogP contribution in [0.1, 0.15) is 26.7 Å². The first-order valence-electron chi connectivity index (χ1n) is 6.13. The molecule has 98 valence electrons. The fraction of sp³-hybridized carbons (Fsp3) is 0.833. The summed E-state index contributed by atoms with van der Waals surface area (Å²) in [5.41, 5.74) is 0. The molecule has 0 spiro atoms. The van der Waals surface area contributed by atoms with E-state index < -0.39 is 0 Å². The zero-order chi connectivity index (χ0) is 12.8. The van der Waals surface area contributed by atoms with Crippen LogP contribution in [-0.4, -0.2) is 47.9 Å². The Morgan fingerprint density at radius 1 is 1.41 bits per heavy atom. The Hall–Kier alpha value is -0.710. The molecule has 1 atom stereocenters. The molecule has 1 N–H and O–H groups in total. The van der Waals surface area contributed by atoms with E-state index in [-0.39, 0.29) is 30.3 Å². The van der Waals surface area contributed by atoms with E-state index in [0.717, 1.165) is 18.6 Å². The number of hydrogen-bond acceptors (Lipinski definition) is 3. The summed E-state index contributed by atoms with van der Waals surface area (Å²) in [6, 6.07) is -0.336. The Morgan fingerprint density at radius 3 is 2.71 bits per heavy atom. The molecule has 1 unspecified atom stereocenters. The smallest absolute Gasteiger partial charge is 0.245 e. The average molecular weight is 258 g/mol. The maximum absolute atomic E-state index is 12.1. The van der Waals surface area contributed by atoms with Crippen LogP contribution in [0.25, 0.3) is 0 Å². The van der Waals surface area contributed by atoms with Crippen LogP contribution in [0.2, 0.25) is 0 Å². The summed E-state index contributed by atoms with van der Waals surface area (Å²) in [5, 5.41) is 2.76. The molecule has 0 bridgehead atoms. The lowest BCUT2D eigenvalue weighted by atomic mass is 10.0. The van der Waals surface area contributed by atoms with Gasteiger partial charge in [-0.15, -0.1) is 0 Å². The predicted octanol–water partition coefficient (Wildman–Crippen LogP) is 1.11. The van der Waals surface area contributed by atoms with E-state index in [1.807, 2.05) is 25.6 Å². The Morgan fingerprint density at radius 2 is 2.12 bits per heavy atom. The number of nitrogens with zero attached hydrogens (tertiary/aromatic N) is 1. The normalized spacial score (nSPS) is 20.9. The maximum Gasteiger partial charge on any atom is 0.245 e. The average Bonchev–Trinajstić information content (AvgIpc) is 2.28. The summed E-state index contributed by atoms with van der Waals surface area (Å²) in [7, 11) is 0. The van der Waals surface area contributed by atoms with Crippen LogP contribution in [0.5, 0.6) is 0 Å². The molecular weight excluding hydrogens is 236 g/mol. The summed E-state index contributed by atoms with van der Waals surface area (Å²) in [4.78, 5) is 25.3. The first kappa shape index (κ1) is 14.4. The van der Waals surface area contributed by atoms with Crippen molar-refractivity contribution in [3.05, 3.63) is 0 Å². The third-order valence-corrected chi connectivity index (χ3v) is 3.62. The standard InChI is InChI=1S/C12H22N2O2S/c1-9(2)11-12(16)14(8-10(15)13-11)6-4-5-7-17-3/h9,11H,4-8H2,1-3H3,(H,13,15). The Balaban J connectivity index is 2.47. The second-order valence-electron chi connectivity index (χ2n) is 4.75. The molecule has 4 nitrogen and oxygen atoms in total. The molecule has 0 saturated carbocycles. The minimum atomic E-state index is -0.336. The quantitative estimate of drug-likeness (QED) is 0.726. The monoisotopic (exact) mass is 258 g/mol. The molecule has 1 fully saturated rings. The van der Waals surface area contributed by atoms with Gasteiger partial charge in [-0.05, 0) is 30.8 Å². The van der Waals surface area contributed by atoms with Gasteiger partial charge in [0.25, 0.3) is 0 Å². The summed E-state index contributed by atoms with van der Waals surface area (Å²) in [6.45, 7) is 4.84. The van der Waals surface area contributed by atoms with Crippen molar-refractivity contribution in [3.63, 3.8) is 0 Å². The molecular formula is C12H22N2O2S. The molecule has 0 radical (unpaired) electrons. The summed E-state index contributed by atoms with van der Waals surface area (Å²) >= 11 is 1.81. The highest BCUT2D eigenvalue weighted by atomic mass is 32.2. The van der Waals surface area contributed by atoms with Gasteiger partial charge in [-0.3, -0.25) is 9.59 Å². The molecule has 1 saturated heterocycles. The number of nitrogens with one attached hydrogen (secondary N) is 1. The third kappa shape index (κ3) is 4.22. The molecule has 1 aliphatic heterocycles. The van der Waals surface area contributed by atoms with E-state index in [1.54, 1.807) is 4.90 Å². The highest BCUT2D eigenvalue weighted by Gasteiger charge is 2.33. The van der Waals surface area contributed by atoms with Crippen LogP contribution >= 0.6 is 11.8 Å². The van der Waals surface area contributed by atoms with Crippen molar-refractivity contribution in [3.8, 4) is 0 Å². The largest absolute Gasteiger partial charge is 0.343 e. The fourth-order valence-electron chi connectivity index (χ4n) is 1.92. The highest BCUT2D eigenvalue weighted by Crippen LogP contribution is 2.12. The van der Waals surface area contributed by atoms with E-state index in [4.69, 9.17) is 0 Å². The van der Waals surface area contributed by atoms with Crippen molar-refractivity contribution in [1.29, 1.82) is 0 Å². The number of rotatable bonds is 6. The Labute approximate surface area is 108 Å². The first-order valence-corrected chi connectivity index (χ1v) is 7.52. The van der Waals surface area contributed by atoms with Crippen LogP contribution in [0.4, 0.5) is 0 Å². The SMILES string of the molecule is CSCCCCN1CC(=O)NC(C(C)C)C1=O. The van der Waals surface area contributed by atoms with E-state index in [0.29, 0.717) is 6.54 Å². The van der Waals surface area contributed by atoms with Crippen molar-refractivity contribution < 1.29 is 9.59 Å². The Bertz CT molecular complexity index is 282. The van der Waals surface area contributed by atoms with Crippen molar-refractivity contribution >= 4 is 23.6 Å². The molecule has 1 aliphatic rings. The molecule has 17 heavy (non-hydrogen) atoms. The van der Waals surface area contributed by atoms with E-state index in [1.165, 1.54) is 0 Å². The number of carbonyl (C=O) groups is 2. The van der Waals surface area contributed by atoms with Crippen LogP contribution in [-0.2, 0) is 9.59 Å². The second kappa shape index (κ2) is 6.89. The second-order valence-corrected chi connectivity index (χ2v) is 5.73. The number of piperazine rings is 1. The van der Waals surface area contributed by atoms with E-state index in [9.17, 15) is 9.59 Å².